The first-order valence-corrected chi connectivity index (χ1v) is 6.19. The van der Waals surface area contributed by atoms with Crippen LogP contribution in [0.2, 0.25) is 0 Å². The number of hydrogen-bond acceptors (Lipinski definition) is 6. The number of hydrogen-bond donors (Lipinski definition) is 2. The van der Waals surface area contributed by atoms with Gasteiger partial charge in [0, 0.05) is 7.05 Å². The van der Waals surface area contributed by atoms with Crippen LogP contribution in [-0.4, -0.2) is 49.1 Å². The van der Waals surface area contributed by atoms with Crippen LogP contribution in [0.3, 0.4) is 0 Å². The van der Waals surface area contributed by atoms with Crippen molar-refractivity contribution >= 4 is 23.9 Å². The summed E-state index contributed by atoms with van der Waals surface area (Å²) in [7, 11) is 3.97. The van der Waals surface area contributed by atoms with E-state index in [-0.39, 0.29) is 22.8 Å². The average molecular weight is 306 g/mol. The number of phenolic OH excluding ortho intramolecular Hbond substituents is 1. The van der Waals surface area contributed by atoms with Crippen LogP contribution in [-0.2, 0) is 9.59 Å². The highest BCUT2D eigenvalue weighted by molar-refractivity contribution is 6.30. The van der Waals surface area contributed by atoms with Crippen molar-refractivity contribution in [2.45, 2.75) is 0 Å². The lowest BCUT2D eigenvalue weighted by Gasteiger charge is -2.22. The Kier molecular flexibility index (Phi) is 4.02. The fraction of sp³-hybridized carbons (Fsp3) is 0.214. The molecule has 0 unspecified atom stereocenters. The molecule has 0 saturated carbocycles. The molecule has 1 aromatic carbocycles. The molecule has 1 aliphatic heterocycles. The third-order valence-electron chi connectivity index (χ3n) is 3.12. The molecular formula is C14H14N2O6. The predicted octanol–water partition coefficient (Wildman–Crippen LogP) is 0.501. The lowest BCUT2D eigenvalue weighted by Crippen LogP contribution is -2.52. The molecule has 0 bridgehead atoms. The molecule has 8 heteroatoms. The maximum Gasteiger partial charge on any atom is 0.331 e. The summed E-state index contributed by atoms with van der Waals surface area (Å²) >= 11 is 0. The number of urea groups is 1. The first-order chi connectivity index (χ1) is 10.4. The Bertz CT molecular complexity index is 670. The summed E-state index contributed by atoms with van der Waals surface area (Å²) < 4.78 is 10.00. The van der Waals surface area contributed by atoms with Crippen LogP contribution in [0.15, 0.2) is 17.7 Å². The number of phenols is 1. The highest BCUT2D eigenvalue weighted by Crippen LogP contribution is 2.37. The number of carbonyl (C=O) groups excluding carboxylic acids is 3. The maximum atomic E-state index is 12.0. The summed E-state index contributed by atoms with van der Waals surface area (Å²) in [6, 6.07) is 2.08. The number of nitrogens with one attached hydrogen (secondary N) is 1. The van der Waals surface area contributed by atoms with Gasteiger partial charge in [0.25, 0.3) is 11.8 Å². The number of barbiturate groups is 1. The van der Waals surface area contributed by atoms with Gasteiger partial charge < -0.3 is 14.6 Å². The first-order valence-electron chi connectivity index (χ1n) is 6.19. The lowest BCUT2D eigenvalue weighted by atomic mass is 10.1. The van der Waals surface area contributed by atoms with E-state index in [1.165, 1.54) is 39.5 Å². The zero-order chi connectivity index (χ0) is 16.4. The summed E-state index contributed by atoms with van der Waals surface area (Å²) in [5, 5.41) is 11.9. The molecule has 8 nitrogen and oxygen atoms in total. The van der Waals surface area contributed by atoms with Gasteiger partial charge in [0.05, 0.1) is 14.2 Å². The molecule has 2 rings (SSSR count). The molecule has 0 radical (unpaired) electrons. The third-order valence-corrected chi connectivity index (χ3v) is 3.12. The minimum Gasteiger partial charge on any atom is -0.502 e. The molecule has 1 aromatic rings. The van der Waals surface area contributed by atoms with Gasteiger partial charge in [-0.25, -0.2) is 4.79 Å². The fourth-order valence-corrected chi connectivity index (χ4v) is 1.91. The SMILES string of the molecule is COc1cc(/C=C2/C(=O)NC(=O)N(C)C2=O)cc(OC)c1O. The number of nitrogens with zero attached hydrogens (tertiary/aromatic N) is 1. The van der Waals surface area contributed by atoms with Crippen LogP contribution < -0.4 is 14.8 Å². The molecule has 1 heterocycles. The van der Waals surface area contributed by atoms with Crippen molar-refractivity contribution in [3.05, 3.63) is 23.3 Å². The number of rotatable bonds is 3. The van der Waals surface area contributed by atoms with Gasteiger partial charge in [-0.15, -0.1) is 0 Å². The molecule has 0 aromatic heterocycles. The molecule has 1 saturated heterocycles. The Hall–Kier alpha value is -3.03. The maximum absolute atomic E-state index is 12.0. The van der Waals surface area contributed by atoms with E-state index in [2.05, 4.69) is 0 Å². The Morgan fingerprint density at radius 2 is 1.68 bits per heavy atom. The Morgan fingerprint density at radius 1 is 1.14 bits per heavy atom. The number of aromatic hydroxyl groups is 1. The molecular weight excluding hydrogens is 292 g/mol. The Morgan fingerprint density at radius 3 is 2.18 bits per heavy atom. The molecule has 1 fully saturated rings. The minimum atomic E-state index is -0.792. The van der Waals surface area contributed by atoms with E-state index in [0.717, 1.165) is 4.90 Å². The molecule has 2 N–H and O–H groups in total. The molecule has 116 valence electrons. The fourth-order valence-electron chi connectivity index (χ4n) is 1.91. The average Bonchev–Trinajstić information content (AvgIpc) is 2.50. The van der Waals surface area contributed by atoms with Crippen LogP contribution in [0.4, 0.5) is 4.79 Å². The lowest BCUT2D eigenvalue weighted by molar-refractivity contribution is -0.129. The summed E-state index contributed by atoms with van der Waals surface area (Å²) in [6.45, 7) is 0. The van der Waals surface area contributed by atoms with E-state index in [1.807, 2.05) is 5.32 Å². The minimum absolute atomic E-state index is 0.124. The predicted molar refractivity (Wildman–Crippen MR) is 75.5 cm³/mol. The number of methoxy groups -OCH3 is 2. The Balaban J connectivity index is 2.50. The molecule has 4 amide bonds. The highest BCUT2D eigenvalue weighted by Gasteiger charge is 2.33. The number of ether oxygens (including phenoxy) is 2. The van der Waals surface area contributed by atoms with Gasteiger partial charge in [-0.05, 0) is 23.8 Å². The van der Waals surface area contributed by atoms with Crippen molar-refractivity contribution in [3.63, 3.8) is 0 Å². The van der Waals surface area contributed by atoms with Gasteiger partial charge in [0.1, 0.15) is 5.57 Å². The largest absolute Gasteiger partial charge is 0.502 e. The van der Waals surface area contributed by atoms with Crippen molar-refractivity contribution in [1.82, 2.24) is 10.2 Å². The second-order valence-electron chi connectivity index (χ2n) is 4.46. The van der Waals surface area contributed by atoms with Crippen molar-refractivity contribution in [2.75, 3.05) is 21.3 Å². The molecule has 0 spiro atoms. The second kappa shape index (κ2) is 5.76. The van der Waals surface area contributed by atoms with E-state index < -0.39 is 17.8 Å². The van der Waals surface area contributed by atoms with Gasteiger partial charge in [-0.2, -0.15) is 0 Å². The van der Waals surface area contributed by atoms with Gasteiger partial charge >= 0.3 is 6.03 Å². The van der Waals surface area contributed by atoms with Gasteiger partial charge in [0.15, 0.2) is 11.5 Å². The number of likely N-dealkylation sites (N-methyl/N-ethyl adjacent to an activating group) is 1. The van der Waals surface area contributed by atoms with Crippen LogP contribution in [0, 0.1) is 0 Å². The number of benzene rings is 1. The van der Waals surface area contributed by atoms with Gasteiger partial charge in [-0.1, -0.05) is 0 Å². The van der Waals surface area contributed by atoms with E-state index >= 15 is 0 Å². The standard InChI is InChI=1S/C14H14N2O6/c1-16-13(19)8(12(18)15-14(16)20)4-7-5-9(21-2)11(17)10(6-7)22-3/h4-6,17H,1-3H3,(H,15,18,20)/b8-4-. The van der Waals surface area contributed by atoms with Crippen LogP contribution >= 0.6 is 0 Å². The van der Waals surface area contributed by atoms with Crippen molar-refractivity contribution in [3.8, 4) is 17.2 Å². The van der Waals surface area contributed by atoms with E-state index in [0.29, 0.717) is 5.56 Å². The van der Waals surface area contributed by atoms with Gasteiger partial charge in [0.2, 0.25) is 5.75 Å². The van der Waals surface area contributed by atoms with E-state index in [1.54, 1.807) is 0 Å². The number of imide groups is 2. The van der Waals surface area contributed by atoms with Crippen LogP contribution in [0.25, 0.3) is 6.08 Å². The number of amides is 4. The highest BCUT2D eigenvalue weighted by atomic mass is 16.5. The normalized spacial score (nSPS) is 16.8. The summed E-state index contributed by atoms with van der Waals surface area (Å²) in [4.78, 5) is 35.9. The Labute approximate surface area is 125 Å². The summed E-state index contributed by atoms with van der Waals surface area (Å²) in [6.07, 6.45) is 1.28. The van der Waals surface area contributed by atoms with Crippen LogP contribution in [0.5, 0.6) is 17.2 Å². The van der Waals surface area contributed by atoms with Crippen molar-refractivity contribution in [2.24, 2.45) is 0 Å². The van der Waals surface area contributed by atoms with Crippen LogP contribution in [0.1, 0.15) is 5.56 Å². The quantitative estimate of drug-likeness (QED) is 0.622. The van der Waals surface area contributed by atoms with E-state index in [4.69, 9.17) is 9.47 Å². The first kappa shape index (κ1) is 15.4. The van der Waals surface area contributed by atoms with E-state index in [9.17, 15) is 19.5 Å². The van der Waals surface area contributed by atoms with Crippen molar-refractivity contribution in [1.29, 1.82) is 0 Å². The van der Waals surface area contributed by atoms with Gasteiger partial charge in [-0.3, -0.25) is 19.8 Å². The molecule has 0 atom stereocenters. The topological polar surface area (TPSA) is 105 Å². The van der Waals surface area contributed by atoms with Crippen molar-refractivity contribution < 1.29 is 29.0 Å². The zero-order valence-corrected chi connectivity index (χ0v) is 12.2. The monoisotopic (exact) mass is 306 g/mol. The molecule has 1 aliphatic rings. The molecule has 22 heavy (non-hydrogen) atoms. The number of carbonyl (C=O) groups is 3. The summed E-state index contributed by atoms with van der Waals surface area (Å²) in [5.74, 6) is -1.46. The molecule has 0 aliphatic carbocycles. The second-order valence-corrected chi connectivity index (χ2v) is 4.46. The zero-order valence-electron chi connectivity index (χ0n) is 12.2. The third kappa shape index (κ3) is 2.58. The smallest absolute Gasteiger partial charge is 0.331 e. The summed E-state index contributed by atoms with van der Waals surface area (Å²) in [5.41, 5.74) is 0.185.